The van der Waals surface area contributed by atoms with E-state index in [2.05, 4.69) is 15.2 Å². The van der Waals surface area contributed by atoms with Gasteiger partial charge < -0.3 is 15.2 Å². The first-order valence-corrected chi connectivity index (χ1v) is 3.50. The molecule has 1 amide bonds. The van der Waals surface area contributed by atoms with Crippen molar-refractivity contribution in [2.45, 2.75) is 0 Å². The molecule has 0 bridgehead atoms. The average molecular weight is 199 g/mol. The van der Waals surface area contributed by atoms with E-state index in [0.29, 0.717) is 0 Å². The Morgan fingerprint density at radius 2 is 2.21 bits per heavy atom. The predicted octanol–water partition coefficient (Wildman–Crippen LogP) is 0.818. The van der Waals surface area contributed by atoms with Crippen LogP contribution in [0.15, 0.2) is 18.2 Å². The van der Waals surface area contributed by atoms with Gasteiger partial charge in [0.05, 0.1) is 0 Å². The zero-order valence-electron chi connectivity index (χ0n) is 6.90. The number of hydrogen-bond acceptors (Lipinski definition) is 4. The first-order valence-electron chi connectivity index (χ1n) is 3.50. The van der Waals surface area contributed by atoms with Gasteiger partial charge in [0.15, 0.2) is 11.6 Å². The molecule has 0 aliphatic carbocycles. The number of ether oxygens (including phenoxy) is 2. The van der Waals surface area contributed by atoms with E-state index in [1.54, 1.807) is 0 Å². The van der Waals surface area contributed by atoms with E-state index in [9.17, 15) is 14.0 Å². The highest BCUT2D eigenvalue weighted by Gasteiger charge is 2.07. The molecule has 0 saturated heterocycles. The summed E-state index contributed by atoms with van der Waals surface area (Å²) in [5.74, 6) is -1.16. The lowest BCUT2D eigenvalue weighted by molar-refractivity contribution is -0.120. The molecule has 0 aromatic heterocycles. The largest absolute Gasteiger partial charge is 0.429 e. The Morgan fingerprint density at radius 3 is 2.71 bits per heavy atom. The van der Waals surface area contributed by atoms with Gasteiger partial charge in [-0.1, -0.05) is 0 Å². The van der Waals surface area contributed by atoms with Gasteiger partial charge in [-0.25, -0.2) is 9.18 Å². The fourth-order valence-electron chi connectivity index (χ4n) is 0.802. The standard InChI is InChI=1S/C8H6FNO4/c9-6-3-5(13-4-11)1-2-7(6)14-8(10)12/h1-4H,(H2,10,12). The number of carbonyl (C=O) groups excluding carboxylic acids is 2. The van der Waals surface area contributed by atoms with Crippen molar-refractivity contribution >= 4 is 12.6 Å². The smallest absolute Gasteiger partial charge is 0.410 e. The van der Waals surface area contributed by atoms with Crippen LogP contribution in [0.2, 0.25) is 0 Å². The molecule has 0 saturated carbocycles. The van der Waals surface area contributed by atoms with E-state index < -0.39 is 11.9 Å². The summed E-state index contributed by atoms with van der Waals surface area (Å²) in [6.07, 6.45) is -1.12. The summed E-state index contributed by atoms with van der Waals surface area (Å²) in [5, 5.41) is 0. The van der Waals surface area contributed by atoms with Crippen molar-refractivity contribution in [2.75, 3.05) is 0 Å². The number of halogens is 1. The van der Waals surface area contributed by atoms with Gasteiger partial charge in [-0.3, -0.25) is 4.79 Å². The predicted molar refractivity (Wildman–Crippen MR) is 43.3 cm³/mol. The number of primary amides is 1. The van der Waals surface area contributed by atoms with Crippen LogP contribution in [-0.4, -0.2) is 12.6 Å². The van der Waals surface area contributed by atoms with Crippen molar-refractivity contribution in [3.8, 4) is 11.5 Å². The number of amides is 1. The van der Waals surface area contributed by atoms with Gasteiger partial charge in [-0.15, -0.1) is 0 Å². The highest BCUT2D eigenvalue weighted by atomic mass is 19.1. The van der Waals surface area contributed by atoms with Crippen molar-refractivity contribution in [1.82, 2.24) is 0 Å². The van der Waals surface area contributed by atoms with E-state index in [1.165, 1.54) is 6.07 Å². The normalized spacial score (nSPS) is 9.21. The van der Waals surface area contributed by atoms with E-state index in [4.69, 9.17) is 0 Å². The first kappa shape index (κ1) is 9.97. The summed E-state index contributed by atoms with van der Waals surface area (Å²) in [7, 11) is 0. The second kappa shape index (κ2) is 4.22. The fourth-order valence-corrected chi connectivity index (χ4v) is 0.802. The molecule has 1 rings (SSSR count). The van der Waals surface area contributed by atoms with Gasteiger partial charge in [-0.05, 0) is 12.1 Å². The number of nitrogens with two attached hydrogens (primary N) is 1. The molecule has 1 aromatic rings. The molecule has 2 N–H and O–H groups in total. The zero-order chi connectivity index (χ0) is 10.6. The molecule has 0 atom stereocenters. The minimum Gasteiger partial charge on any atom is -0.429 e. The summed E-state index contributed by atoms with van der Waals surface area (Å²) >= 11 is 0. The number of carbonyl (C=O) groups is 2. The molecule has 0 unspecified atom stereocenters. The van der Waals surface area contributed by atoms with Crippen LogP contribution < -0.4 is 15.2 Å². The van der Waals surface area contributed by atoms with Crippen molar-refractivity contribution in [3.05, 3.63) is 24.0 Å². The van der Waals surface area contributed by atoms with Crippen LogP contribution in [0.5, 0.6) is 11.5 Å². The molecule has 1 aromatic carbocycles. The maximum atomic E-state index is 13.0. The molecule has 74 valence electrons. The van der Waals surface area contributed by atoms with Crippen LogP contribution in [0.4, 0.5) is 9.18 Å². The lowest BCUT2D eigenvalue weighted by atomic mass is 10.3. The number of rotatable bonds is 3. The summed E-state index contributed by atoms with van der Waals surface area (Å²) in [6.45, 7) is 0.156. The monoisotopic (exact) mass is 199 g/mol. The molecular weight excluding hydrogens is 193 g/mol. The molecule has 6 heteroatoms. The molecule has 0 fully saturated rings. The maximum Gasteiger partial charge on any atom is 0.410 e. The molecule has 0 radical (unpaired) electrons. The van der Waals surface area contributed by atoms with Crippen LogP contribution in [0, 0.1) is 5.82 Å². The van der Waals surface area contributed by atoms with Crippen LogP contribution >= 0.6 is 0 Å². The molecule has 0 heterocycles. The van der Waals surface area contributed by atoms with Gasteiger partial charge in [0.2, 0.25) is 0 Å². The maximum absolute atomic E-state index is 13.0. The van der Waals surface area contributed by atoms with Crippen LogP contribution in [0.1, 0.15) is 0 Å². The Kier molecular flexibility index (Phi) is 3.01. The zero-order valence-corrected chi connectivity index (χ0v) is 6.90. The molecule has 0 aliphatic heterocycles. The summed E-state index contributed by atoms with van der Waals surface area (Å²) in [6, 6.07) is 3.28. The Hall–Kier alpha value is -2.11. The number of benzene rings is 1. The van der Waals surface area contributed by atoms with Gasteiger partial charge in [0.1, 0.15) is 5.75 Å². The van der Waals surface area contributed by atoms with Crippen molar-refractivity contribution in [3.63, 3.8) is 0 Å². The van der Waals surface area contributed by atoms with Gasteiger partial charge >= 0.3 is 6.09 Å². The Balaban J connectivity index is 2.89. The van der Waals surface area contributed by atoms with E-state index in [-0.39, 0.29) is 18.0 Å². The summed E-state index contributed by atoms with van der Waals surface area (Å²) in [5.41, 5.74) is 4.67. The van der Waals surface area contributed by atoms with Gasteiger partial charge in [0.25, 0.3) is 6.47 Å². The molecule has 5 nitrogen and oxygen atoms in total. The van der Waals surface area contributed by atoms with Gasteiger partial charge in [0, 0.05) is 6.07 Å². The fraction of sp³-hybridized carbons (Fsp3) is 0. The van der Waals surface area contributed by atoms with Crippen molar-refractivity contribution < 1.29 is 23.5 Å². The third kappa shape index (κ3) is 2.44. The Bertz CT molecular complexity index is 366. The number of hydrogen-bond donors (Lipinski definition) is 1. The topological polar surface area (TPSA) is 78.6 Å². The first-order chi connectivity index (χ1) is 6.63. The van der Waals surface area contributed by atoms with Gasteiger partial charge in [-0.2, -0.15) is 0 Å². The van der Waals surface area contributed by atoms with E-state index in [1.807, 2.05) is 0 Å². The molecule has 0 aliphatic rings. The van der Waals surface area contributed by atoms with E-state index in [0.717, 1.165) is 12.1 Å². The molecular formula is C8H6FNO4. The highest BCUT2D eigenvalue weighted by molar-refractivity contribution is 5.68. The Labute approximate surface area is 78.2 Å². The minimum atomic E-state index is -1.12. The van der Waals surface area contributed by atoms with Crippen LogP contribution in [0.25, 0.3) is 0 Å². The lowest BCUT2D eigenvalue weighted by Gasteiger charge is -2.03. The highest BCUT2D eigenvalue weighted by Crippen LogP contribution is 2.22. The third-order valence-corrected chi connectivity index (χ3v) is 1.30. The van der Waals surface area contributed by atoms with Crippen molar-refractivity contribution in [2.24, 2.45) is 5.73 Å². The third-order valence-electron chi connectivity index (χ3n) is 1.30. The second-order valence-electron chi connectivity index (χ2n) is 2.23. The summed E-state index contributed by atoms with van der Waals surface area (Å²) < 4.78 is 21.7. The van der Waals surface area contributed by atoms with E-state index >= 15 is 0 Å². The lowest BCUT2D eigenvalue weighted by Crippen LogP contribution is -2.16. The van der Waals surface area contributed by atoms with Crippen LogP contribution in [-0.2, 0) is 4.79 Å². The minimum absolute atomic E-state index is 0.00863. The quantitative estimate of drug-likeness (QED) is 0.731. The second-order valence-corrected chi connectivity index (χ2v) is 2.23. The SMILES string of the molecule is NC(=O)Oc1ccc(OC=O)cc1F. The Morgan fingerprint density at radius 1 is 1.50 bits per heavy atom. The summed E-state index contributed by atoms with van der Waals surface area (Å²) in [4.78, 5) is 20.2. The van der Waals surface area contributed by atoms with Crippen LogP contribution in [0.3, 0.4) is 0 Å². The average Bonchev–Trinajstić information content (AvgIpc) is 2.10. The van der Waals surface area contributed by atoms with Crippen molar-refractivity contribution in [1.29, 1.82) is 0 Å². The molecule has 14 heavy (non-hydrogen) atoms. The molecule has 0 spiro atoms.